The Morgan fingerprint density at radius 1 is 1.60 bits per heavy atom. The number of hydrogen-bond acceptors (Lipinski definition) is 3. The van der Waals surface area contributed by atoms with Gasteiger partial charge in [0, 0.05) is 13.2 Å². The van der Waals surface area contributed by atoms with Gasteiger partial charge in [-0.1, -0.05) is 6.58 Å². The van der Waals surface area contributed by atoms with Crippen LogP contribution in [0, 0.1) is 0 Å². The fourth-order valence-corrected chi connectivity index (χ4v) is 0. The lowest BCUT2D eigenvalue weighted by atomic mass is 10.7. The van der Waals surface area contributed by atoms with Crippen molar-refractivity contribution in [2.24, 2.45) is 0 Å². The molecule has 0 atom stereocenters. The summed E-state index contributed by atoms with van der Waals surface area (Å²) in [5.74, 6) is -0.981. The number of rotatable bonds is 1. The third kappa shape index (κ3) is 59.1. The van der Waals surface area contributed by atoms with Gasteiger partial charge in [-0.05, 0) is 0 Å². The van der Waals surface area contributed by atoms with Crippen molar-refractivity contribution < 1.29 is 19.7 Å². The first-order valence-corrected chi connectivity index (χ1v) is 2.65. The number of aliphatic carboxylic acids is 1. The molecule has 1 fully saturated rings. The molecule has 4 nitrogen and oxygen atoms in total. The van der Waals surface area contributed by atoms with Crippen molar-refractivity contribution >= 4 is 5.97 Å². The van der Waals surface area contributed by atoms with Crippen molar-refractivity contribution in [2.75, 3.05) is 20.3 Å². The first-order chi connectivity index (χ1) is 4.77. The molecule has 2 N–H and O–H groups in total. The third-order valence-corrected chi connectivity index (χ3v) is 0.379. The molecule has 1 heterocycles. The van der Waals surface area contributed by atoms with Crippen molar-refractivity contribution in [2.45, 2.75) is 0 Å². The minimum absolute atomic E-state index is 0.833. The summed E-state index contributed by atoms with van der Waals surface area (Å²) in [5, 5.41) is 14.6. The minimum atomic E-state index is -0.981. The predicted molar refractivity (Wildman–Crippen MR) is 36.8 cm³/mol. The predicted octanol–water partition coefficient (Wildman–Crippen LogP) is -0.118. The van der Waals surface area contributed by atoms with E-state index in [4.69, 9.17) is 10.2 Å². The molecule has 0 unspecified atom stereocenters. The maximum Gasteiger partial charge on any atom is 0.327 e. The van der Waals surface area contributed by atoms with Crippen molar-refractivity contribution in [3.05, 3.63) is 12.7 Å². The number of aliphatic hydroxyl groups is 1. The maximum atomic E-state index is 9.25. The van der Waals surface area contributed by atoms with Gasteiger partial charge in [0.2, 0.25) is 0 Å². The number of carboxylic acid groups (broad SMARTS) is 1. The van der Waals surface area contributed by atoms with Gasteiger partial charge in [-0.3, -0.25) is 0 Å². The smallest absolute Gasteiger partial charge is 0.327 e. The van der Waals surface area contributed by atoms with Crippen LogP contribution in [0.3, 0.4) is 0 Å². The van der Waals surface area contributed by atoms with Crippen LogP contribution in [0.4, 0.5) is 0 Å². The molecule has 1 aliphatic heterocycles. The molecule has 4 heteroatoms. The molecule has 0 spiro atoms. The van der Waals surface area contributed by atoms with E-state index in [1.54, 1.807) is 0 Å². The van der Waals surface area contributed by atoms with Gasteiger partial charge in [-0.2, -0.15) is 0 Å². The van der Waals surface area contributed by atoms with E-state index < -0.39 is 5.97 Å². The van der Waals surface area contributed by atoms with E-state index in [1.807, 2.05) is 0 Å². The van der Waals surface area contributed by atoms with Gasteiger partial charge < -0.3 is 14.9 Å². The van der Waals surface area contributed by atoms with E-state index in [0.717, 1.165) is 26.4 Å². The lowest BCUT2D eigenvalue weighted by Crippen LogP contribution is -1.82. The van der Waals surface area contributed by atoms with Crippen LogP contribution in [0.2, 0.25) is 0 Å². The van der Waals surface area contributed by atoms with Crippen molar-refractivity contribution in [1.29, 1.82) is 0 Å². The number of carbonyl (C=O) groups is 1. The summed E-state index contributed by atoms with van der Waals surface area (Å²) >= 11 is 0. The first kappa shape index (κ1) is 11.9. The van der Waals surface area contributed by atoms with E-state index in [0.29, 0.717) is 0 Å². The Balaban J connectivity index is 0. The molecule has 0 aromatic rings. The molecule has 1 rings (SSSR count). The van der Waals surface area contributed by atoms with Crippen LogP contribution in [-0.4, -0.2) is 36.5 Å². The van der Waals surface area contributed by atoms with Crippen LogP contribution in [0.5, 0.6) is 0 Å². The molecule has 1 aliphatic rings. The fraction of sp³-hybridized carbons (Fsp3) is 0.500. The molecular formula is C6H12O4. The highest BCUT2D eigenvalue weighted by Gasteiger charge is 1.94. The summed E-state index contributed by atoms with van der Waals surface area (Å²) < 4.78 is 4.50. The lowest BCUT2D eigenvalue weighted by Gasteiger charge is -1.64. The Bertz CT molecular complexity index is 85.0. The van der Waals surface area contributed by atoms with Gasteiger partial charge >= 0.3 is 5.97 Å². The number of ether oxygens (including phenoxy) is 1. The number of aliphatic hydroxyl groups excluding tert-OH is 1. The summed E-state index contributed by atoms with van der Waals surface area (Å²) in [4.78, 5) is 9.25. The van der Waals surface area contributed by atoms with Gasteiger partial charge in [0.05, 0.1) is 13.2 Å². The van der Waals surface area contributed by atoms with Gasteiger partial charge in [-0.15, -0.1) is 0 Å². The minimum Gasteiger partial charge on any atom is -0.478 e. The Morgan fingerprint density at radius 3 is 1.80 bits per heavy atom. The molecule has 0 aliphatic carbocycles. The largest absolute Gasteiger partial charge is 0.478 e. The monoisotopic (exact) mass is 148 g/mol. The average molecular weight is 148 g/mol. The van der Waals surface area contributed by atoms with Crippen LogP contribution < -0.4 is 0 Å². The lowest BCUT2D eigenvalue weighted by molar-refractivity contribution is -0.131. The third-order valence-electron chi connectivity index (χ3n) is 0.379. The molecule has 0 aromatic heterocycles. The zero-order valence-corrected chi connectivity index (χ0v) is 5.91. The molecule has 10 heavy (non-hydrogen) atoms. The van der Waals surface area contributed by atoms with Crippen LogP contribution in [-0.2, 0) is 9.53 Å². The van der Waals surface area contributed by atoms with E-state index in [2.05, 4.69) is 11.3 Å². The highest BCUT2D eigenvalue weighted by molar-refractivity contribution is 5.78. The molecule has 0 bridgehead atoms. The number of epoxide rings is 1. The number of hydrogen-bond donors (Lipinski definition) is 2. The standard InChI is InChI=1S/C3H4O2.C2H4O.CH4O/c1-2-3(4)5;1-2-3-1;1-2/h2H,1H2,(H,4,5);1-2H2;2H,1H3. The van der Waals surface area contributed by atoms with E-state index in [1.165, 1.54) is 0 Å². The maximum absolute atomic E-state index is 9.25. The van der Waals surface area contributed by atoms with Crippen LogP contribution in [0.15, 0.2) is 12.7 Å². The highest BCUT2D eigenvalue weighted by Crippen LogP contribution is 1.84. The summed E-state index contributed by atoms with van der Waals surface area (Å²) in [6.07, 6.45) is 0.833. The molecule has 0 saturated carbocycles. The summed E-state index contributed by atoms with van der Waals surface area (Å²) in [5.41, 5.74) is 0. The summed E-state index contributed by atoms with van der Waals surface area (Å²) in [6, 6.07) is 0. The van der Waals surface area contributed by atoms with Crippen LogP contribution in [0.1, 0.15) is 0 Å². The molecular weight excluding hydrogens is 136 g/mol. The first-order valence-electron chi connectivity index (χ1n) is 2.65. The van der Waals surface area contributed by atoms with Gasteiger partial charge in [0.15, 0.2) is 0 Å². The molecule has 0 radical (unpaired) electrons. The van der Waals surface area contributed by atoms with Crippen molar-refractivity contribution in [1.82, 2.24) is 0 Å². The second kappa shape index (κ2) is 11.0. The Hall–Kier alpha value is -0.870. The van der Waals surface area contributed by atoms with E-state index in [9.17, 15) is 4.79 Å². The van der Waals surface area contributed by atoms with Gasteiger partial charge in [0.25, 0.3) is 0 Å². The fourth-order valence-electron chi connectivity index (χ4n) is 0. The summed E-state index contributed by atoms with van der Waals surface area (Å²) in [6.45, 7) is 4.96. The molecule has 1 saturated heterocycles. The SMILES string of the molecule is C1CO1.C=CC(=O)O.CO. The Kier molecular flexibility index (Phi) is 13.1. The Labute approximate surface area is 59.7 Å². The topological polar surface area (TPSA) is 70.1 Å². The summed E-state index contributed by atoms with van der Waals surface area (Å²) in [7, 11) is 1.00. The second-order valence-electron chi connectivity index (χ2n) is 1.15. The average Bonchev–Trinajstić information content (AvgIpc) is 2.77. The van der Waals surface area contributed by atoms with Crippen LogP contribution in [0.25, 0.3) is 0 Å². The van der Waals surface area contributed by atoms with E-state index in [-0.39, 0.29) is 0 Å². The van der Waals surface area contributed by atoms with Crippen molar-refractivity contribution in [3.63, 3.8) is 0 Å². The Morgan fingerprint density at radius 2 is 1.80 bits per heavy atom. The zero-order valence-electron chi connectivity index (χ0n) is 5.91. The molecule has 0 amide bonds. The second-order valence-corrected chi connectivity index (χ2v) is 1.15. The quantitative estimate of drug-likeness (QED) is 0.402. The zero-order chi connectivity index (χ0) is 8.41. The molecule has 0 aromatic carbocycles. The van der Waals surface area contributed by atoms with Gasteiger partial charge in [0.1, 0.15) is 0 Å². The van der Waals surface area contributed by atoms with Gasteiger partial charge in [-0.25, -0.2) is 4.79 Å². The van der Waals surface area contributed by atoms with Crippen LogP contribution >= 0.6 is 0 Å². The van der Waals surface area contributed by atoms with Crippen molar-refractivity contribution in [3.8, 4) is 0 Å². The molecule has 60 valence electrons. The number of carboxylic acids is 1. The highest BCUT2D eigenvalue weighted by atomic mass is 16.6. The normalized spacial score (nSPS) is 11.0. The van der Waals surface area contributed by atoms with E-state index >= 15 is 0 Å².